The first-order valence-electron chi connectivity index (χ1n) is 5.89. The molecule has 0 aromatic heterocycles. The first-order valence-corrected chi connectivity index (χ1v) is 5.89. The van der Waals surface area contributed by atoms with Crippen molar-refractivity contribution in [3.05, 3.63) is 39.2 Å². The van der Waals surface area contributed by atoms with Gasteiger partial charge >= 0.3 is 0 Å². The molecule has 7 heteroatoms. The number of rotatable bonds is 2. The predicted molar refractivity (Wildman–Crippen MR) is 66.3 cm³/mol. The monoisotopic (exact) mass is 267 g/mol. The lowest BCUT2D eigenvalue weighted by molar-refractivity contribution is -0.385. The van der Waals surface area contributed by atoms with E-state index in [4.69, 9.17) is 5.73 Å². The van der Waals surface area contributed by atoms with Crippen LogP contribution in [0.2, 0.25) is 0 Å². The number of nitro benzene ring substituents is 1. The number of carbonyl (C=O) groups excluding carboxylic acids is 1. The maximum atomic E-state index is 13.9. The van der Waals surface area contributed by atoms with Gasteiger partial charge in [-0.15, -0.1) is 0 Å². The van der Waals surface area contributed by atoms with Crippen molar-refractivity contribution in [1.82, 2.24) is 4.90 Å². The van der Waals surface area contributed by atoms with Crippen LogP contribution in [0.25, 0.3) is 0 Å². The third-order valence-corrected chi connectivity index (χ3v) is 3.19. The minimum atomic E-state index is -0.712. The Labute approximate surface area is 109 Å². The van der Waals surface area contributed by atoms with E-state index in [0.717, 1.165) is 12.1 Å². The summed E-state index contributed by atoms with van der Waals surface area (Å²) >= 11 is 0. The number of nitro groups is 1. The number of hydrogen-bond acceptors (Lipinski definition) is 4. The number of amides is 1. The van der Waals surface area contributed by atoms with E-state index in [1.165, 1.54) is 11.8 Å². The molecule has 1 heterocycles. The normalized spacial score (nSPS) is 18.7. The van der Waals surface area contributed by atoms with Crippen LogP contribution in [-0.4, -0.2) is 34.9 Å². The molecule has 0 aliphatic carbocycles. The Hall–Kier alpha value is -2.02. The molecule has 0 bridgehead atoms. The molecule has 0 saturated carbocycles. The number of hydrogen-bond donors (Lipinski definition) is 1. The molecule has 1 aliphatic heterocycles. The second kappa shape index (κ2) is 4.93. The second-order valence-electron chi connectivity index (χ2n) is 4.68. The highest BCUT2D eigenvalue weighted by molar-refractivity contribution is 5.95. The van der Waals surface area contributed by atoms with Crippen molar-refractivity contribution in [2.75, 3.05) is 13.1 Å². The SMILES string of the molecule is Cc1cc([N+](=O)[O-])cc(C(=O)N2CC[C@@H](N)C2)c1F. The van der Waals surface area contributed by atoms with Gasteiger partial charge in [0.2, 0.25) is 0 Å². The number of nitrogens with zero attached hydrogens (tertiary/aromatic N) is 2. The topological polar surface area (TPSA) is 89.5 Å². The van der Waals surface area contributed by atoms with Gasteiger partial charge in [-0.25, -0.2) is 4.39 Å². The molecule has 2 rings (SSSR count). The van der Waals surface area contributed by atoms with Crippen molar-refractivity contribution in [1.29, 1.82) is 0 Å². The Morgan fingerprint density at radius 3 is 2.79 bits per heavy atom. The van der Waals surface area contributed by atoms with E-state index in [2.05, 4.69) is 0 Å². The number of carbonyl (C=O) groups is 1. The van der Waals surface area contributed by atoms with Gasteiger partial charge in [0.15, 0.2) is 0 Å². The average Bonchev–Trinajstić information content (AvgIpc) is 2.78. The lowest BCUT2D eigenvalue weighted by Gasteiger charge is -2.16. The summed E-state index contributed by atoms with van der Waals surface area (Å²) in [6.45, 7) is 2.19. The molecule has 1 atom stereocenters. The molecular weight excluding hydrogens is 253 g/mol. The van der Waals surface area contributed by atoms with Gasteiger partial charge in [0.05, 0.1) is 10.5 Å². The van der Waals surface area contributed by atoms with Gasteiger partial charge in [0.25, 0.3) is 11.6 Å². The molecule has 0 unspecified atom stereocenters. The van der Waals surface area contributed by atoms with Crippen molar-refractivity contribution >= 4 is 11.6 Å². The van der Waals surface area contributed by atoms with E-state index in [1.54, 1.807) is 0 Å². The molecule has 102 valence electrons. The fourth-order valence-corrected chi connectivity index (χ4v) is 2.15. The summed E-state index contributed by atoms with van der Waals surface area (Å²) in [6, 6.07) is 1.97. The molecule has 1 amide bonds. The molecule has 19 heavy (non-hydrogen) atoms. The first kappa shape index (κ1) is 13.4. The van der Waals surface area contributed by atoms with Crippen LogP contribution in [0, 0.1) is 22.9 Å². The molecule has 1 aliphatic rings. The zero-order chi connectivity index (χ0) is 14.2. The van der Waals surface area contributed by atoms with Gasteiger partial charge in [0, 0.05) is 31.3 Å². The summed E-state index contributed by atoms with van der Waals surface area (Å²) in [5.41, 5.74) is 5.23. The van der Waals surface area contributed by atoms with Gasteiger partial charge in [-0.3, -0.25) is 14.9 Å². The van der Waals surface area contributed by atoms with Crippen molar-refractivity contribution in [2.24, 2.45) is 5.73 Å². The summed E-state index contributed by atoms with van der Waals surface area (Å²) in [5.74, 6) is -1.26. The van der Waals surface area contributed by atoms with Crippen molar-refractivity contribution in [2.45, 2.75) is 19.4 Å². The number of likely N-dealkylation sites (tertiary alicyclic amines) is 1. The molecule has 1 fully saturated rings. The highest BCUT2D eigenvalue weighted by atomic mass is 19.1. The van der Waals surface area contributed by atoms with E-state index in [1.807, 2.05) is 0 Å². The molecule has 2 N–H and O–H groups in total. The second-order valence-corrected chi connectivity index (χ2v) is 4.68. The first-order chi connectivity index (χ1) is 8.90. The average molecular weight is 267 g/mol. The molecule has 1 aromatic carbocycles. The van der Waals surface area contributed by atoms with Gasteiger partial charge in [-0.1, -0.05) is 0 Å². The van der Waals surface area contributed by atoms with Gasteiger partial charge in [-0.2, -0.15) is 0 Å². The number of halogens is 1. The van der Waals surface area contributed by atoms with Crippen molar-refractivity contribution in [3.63, 3.8) is 0 Å². The number of benzene rings is 1. The van der Waals surface area contributed by atoms with Crippen LogP contribution in [-0.2, 0) is 0 Å². The smallest absolute Gasteiger partial charge is 0.270 e. The lowest BCUT2D eigenvalue weighted by Crippen LogP contribution is -2.32. The maximum Gasteiger partial charge on any atom is 0.270 e. The van der Waals surface area contributed by atoms with E-state index >= 15 is 0 Å². The van der Waals surface area contributed by atoms with Crippen LogP contribution in [0.4, 0.5) is 10.1 Å². The summed E-state index contributed by atoms with van der Waals surface area (Å²) in [4.78, 5) is 23.7. The van der Waals surface area contributed by atoms with Gasteiger partial charge in [0.1, 0.15) is 5.82 Å². The fourth-order valence-electron chi connectivity index (χ4n) is 2.15. The number of non-ortho nitro benzene ring substituents is 1. The van der Waals surface area contributed by atoms with Crippen LogP contribution < -0.4 is 5.73 Å². The Kier molecular flexibility index (Phi) is 3.48. The summed E-state index contributed by atoms with van der Waals surface area (Å²) in [5, 5.41) is 10.8. The third-order valence-electron chi connectivity index (χ3n) is 3.19. The van der Waals surface area contributed by atoms with Crippen LogP contribution in [0.15, 0.2) is 12.1 Å². The molecule has 0 radical (unpaired) electrons. The zero-order valence-electron chi connectivity index (χ0n) is 10.4. The van der Waals surface area contributed by atoms with Gasteiger partial charge < -0.3 is 10.6 Å². The van der Waals surface area contributed by atoms with Crippen LogP contribution in [0.5, 0.6) is 0 Å². The zero-order valence-corrected chi connectivity index (χ0v) is 10.4. The Morgan fingerprint density at radius 1 is 1.58 bits per heavy atom. The molecule has 0 spiro atoms. The van der Waals surface area contributed by atoms with E-state index in [-0.39, 0.29) is 22.9 Å². The maximum absolute atomic E-state index is 13.9. The number of aryl methyl sites for hydroxylation is 1. The fraction of sp³-hybridized carbons (Fsp3) is 0.417. The van der Waals surface area contributed by atoms with Crippen LogP contribution >= 0.6 is 0 Å². The molecule has 1 saturated heterocycles. The van der Waals surface area contributed by atoms with Gasteiger partial charge in [-0.05, 0) is 18.9 Å². The highest BCUT2D eigenvalue weighted by Gasteiger charge is 2.28. The Balaban J connectivity index is 2.38. The molecule has 6 nitrogen and oxygen atoms in total. The quantitative estimate of drug-likeness (QED) is 0.644. The molecule has 1 aromatic rings. The number of nitrogens with two attached hydrogens (primary N) is 1. The lowest BCUT2D eigenvalue weighted by atomic mass is 10.1. The highest BCUT2D eigenvalue weighted by Crippen LogP contribution is 2.23. The van der Waals surface area contributed by atoms with Crippen LogP contribution in [0.1, 0.15) is 22.3 Å². The summed E-state index contributed by atoms with van der Waals surface area (Å²) < 4.78 is 13.9. The third kappa shape index (κ3) is 2.55. The Morgan fingerprint density at radius 2 is 2.26 bits per heavy atom. The molecular formula is C12H14FN3O3. The summed E-state index contributed by atoms with van der Waals surface area (Å²) in [6.07, 6.45) is 0.654. The van der Waals surface area contributed by atoms with Crippen LogP contribution in [0.3, 0.4) is 0 Å². The predicted octanol–water partition coefficient (Wildman–Crippen LogP) is 1.22. The van der Waals surface area contributed by atoms with Crippen molar-refractivity contribution < 1.29 is 14.1 Å². The van der Waals surface area contributed by atoms with E-state index in [9.17, 15) is 19.3 Å². The van der Waals surface area contributed by atoms with E-state index < -0.39 is 16.6 Å². The largest absolute Gasteiger partial charge is 0.337 e. The minimum absolute atomic E-state index is 0.0843. The standard InChI is InChI=1S/C12H14FN3O3/c1-7-4-9(16(18)19)5-10(11(7)13)12(17)15-3-2-8(14)6-15/h4-5,8H,2-3,6,14H2,1H3/t8-/m1/s1. The Bertz CT molecular complexity index is 547. The van der Waals surface area contributed by atoms with Crippen molar-refractivity contribution in [3.8, 4) is 0 Å². The van der Waals surface area contributed by atoms with E-state index in [0.29, 0.717) is 19.5 Å². The minimum Gasteiger partial charge on any atom is -0.337 e. The summed E-state index contributed by atoms with van der Waals surface area (Å²) in [7, 11) is 0.